The molecule has 0 amide bonds. The van der Waals surface area contributed by atoms with E-state index in [9.17, 15) is 9.90 Å². The lowest BCUT2D eigenvalue weighted by Gasteiger charge is -2.44. The summed E-state index contributed by atoms with van der Waals surface area (Å²) in [5, 5.41) is 10.4. The van der Waals surface area contributed by atoms with Crippen LogP contribution < -0.4 is 0 Å². The first-order valence-corrected chi connectivity index (χ1v) is 6.02. The molecule has 1 aliphatic rings. The summed E-state index contributed by atoms with van der Waals surface area (Å²) < 4.78 is 5.31. The van der Waals surface area contributed by atoms with E-state index in [4.69, 9.17) is 4.74 Å². The summed E-state index contributed by atoms with van der Waals surface area (Å²) in [6, 6.07) is 7.96. The van der Waals surface area contributed by atoms with Gasteiger partial charge in [-0.05, 0) is 11.6 Å². The Morgan fingerprint density at radius 2 is 2.17 bits per heavy atom. The third-order valence-corrected chi connectivity index (χ3v) is 4.04. The Morgan fingerprint density at radius 3 is 2.78 bits per heavy atom. The Balaban J connectivity index is 2.14. The second-order valence-corrected chi connectivity index (χ2v) is 4.96. The lowest BCUT2D eigenvalue weighted by molar-refractivity contribution is -0.155. The van der Waals surface area contributed by atoms with Crippen LogP contribution in [0.4, 0.5) is 0 Å². The topological polar surface area (TPSA) is 62.3 Å². The molecule has 0 saturated carbocycles. The van der Waals surface area contributed by atoms with Gasteiger partial charge in [-0.1, -0.05) is 25.1 Å². The fraction of sp³-hybridized carbons (Fsp3) is 0.357. The summed E-state index contributed by atoms with van der Waals surface area (Å²) >= 11 is 0. The van der Waals surface area contributed by atoms with Gasteiger partial charge in [-0.25, -0.2) is 0 Å². The van der Waals surface area contributed by atoms with Crippen molar-refractivity contribution in [1.82, 2.24) is 4.98 Å². The normalized spacial score (nSPS) is 19.4. The quantitative estimate of drug-likeness (QED) is 0.871. The maximum atomic E-state index is 11.3. The van der Waals surface area contributed by atoms with Crippen molar-refractivity contribution in [2.24, 2.45) is 5.92 Å². The Hall–Kier alpha value is -1.81. The van der Waals surface area contributed by atoms with Crippen LogP contribution in [-0.2, 0) is 14.9 Å². The van der Waals surface area contributed by atoms with Gasteiger partial charge in [0.05, 0.1) is 24.5 Å². The van der Waals surface area contributed by atoms with Crippen molar-refractivity contribution in [3.8, 4) is 0 Å². The highest BCUT2D eigenvalue weighted by Crippen LogP contribution is 2.42. The van der Waals surface area contributed by atoms with Gasteiger partial charge in [0.2, 0.25) is 0 Å². The summed E-state index contributed by atoms with van der Waals surface area (Å²) in [5.41, 5.74) is 1.70. The second-order valence-electron chi connectivity index (χ2n) is 4.96. The zero-order valence-corrected chi connectivity index (χ0v) is 10.1. The van der Waals surface area contributed by atoms with Crippen LogP contribution in [0, 0.1) is 5.92 Å². The predicted octanol–water partition coefficient (Wildman–Crippen LogP) is 2.16. The predicted molar refractivity (Wildman–Crippen MR) is 67.6 cm³/mol. The number of carbonyl (C=O) groups is 1. The van der Waals surface area contributed by atoms with Crippen LogP contribution in [0.5, 0.6) is 0 Å². The van der Waals surface area contributed by atoms with Crippen LogP contribution in [0.1, 0.15) is 12.5 Å². The van der Waals surface area contributed by atoms with E-state index < -0.39 is 17.3 Å². The van der Waals surface area contributed by atoms with E-state index in [2.05, 4.69) is 4.98 Å². The first kappa shape index (κ1) is 11.3. The van der Waals surface area contributed by atoms with Crippen molar-refractivity contribution in [2.45, 2.75) is 12.3 Å². The fourth-order valence-electron chi connectivity index (χ4n) is 2.68. The Morgan fingerprint density at radius 1 is 1.44 bits per heavy atom. The van der Waals surface area contributed by atoms with Crippen molar-refractivity contribution in [1.29, 1.82) is 0 Å². The third kappa shape index (κ3) is 1.39. The minimum Gasteiger partial charge on any atom is -0.481 e. The van der Waals surface area contributed by atoms with E-state index in [0.717, 1.165) is 16.5 Å². The van der Waals surface area contributed by atoms with E-state index in [-0.39, 0.29) is 0 Å². The van der Waals surface area contributed by atoms with Gasteiger partial charge < -0.3 is 14.8 Å². The molecule has 4 nitrogen and oxygen atoms in total. The highest BCUT2D eigenvalue weighted by molar-refractivity contribution is 5.86. The van der Waals surface area contributed by atoms with Crippen LogP contribution in [0.15, 0.2) is 30.5 Å². The lowest BCUT2D eigenvalue weighted by Crippen LogP contribution is -2.53. The number of hydrogen-bond donors (Lipinski definition) is 2. The number of nitrogens with one attached hydrogen (secondary N) is 1. The maximum Gasteiger partial charge on any atom is 0.307 e. The molecule has 3 rings (SSSR count). The van der Waals surface area contributed by atoms with E-state index in [1.54, 1.807) is 6.92 Å². The third-order valence-electron chi connectivity index (χ3n) is 4.04. The molecule has 1 atom stereocenters. The summed E-state index contributed by atoms with van der Waals surface area (Å²) in [4.78, 5) is 14.5. The number of aromatic nitrogens is 1. The highest BCUT2D eigenvalue weighted by atomic mass is 16.5. The molecule has 2 aromatic rings. The zero-order chi connectivity index (χ0) is 12.8. The maximum absolute atomic E-state index is 11.3. The van der Waals surface area contributed by atoms with E-state index in [0.29, 0.717) is 13.2 Å². The van der Waals surface area contributed by atoms with Crippen molar-refractivity contribution < 1.29 is 14.6 Å². The minimum absolute atomic E-state index is 0.397. The van der Waals surface area contributed by atoms with E-state index >= 15 is 0 Å². The van der Waals surface area contributed by atoms with Crippen molar-refractivity contribution in [3.05, 3.63) is 36.0 Å². The number of H-pyrrole nitrogens is 1. The van der Waals surface area contributed by atoms with Gasteiger partial charge in [-0.15, -0.1) is 0 Å². The number of benzene rings is 1. The van der Waals surface area contributed by atoms with Crippen molar-refractivity contribution in [3.63, 3.8) is 0 Å². The molecular weight excluding hydrogens is 230 g/mol. The van der Waals surface area contributed by atoms with Crippen LogP contribution in [0.2, 0.25) is 0 Å². The number of aliphatic carboxylic acids is 1. The molecule has 1 aliphatic heterocycles. The standard InChI is InChI=1S/C14H15NO3/c1-9(13(16)17)14(7-18-8-14)11-6-15-12-5-3-2-4-10(11)12/h2-6,9,15H,7-8H2,1H3,(H,16,17). The van der Waals surface area contributed by atoms with Gasteiger partial charge in [0.25, 0.3) is 0 Å². The molecular formula is C14H15NO3. The highest BCUT2D eigenvalue weighted by Gasteiger charge is 2.49. The number of aromatic amines is 1. The molecule has 1 aromatic heterocycles. The Labute approximate surface area is 105 Å². The lowest BCUT2D eigenvalue weighted by atomic mass is 9.69. The molecule has 1 saturated heterocycles. The number of hydrogen-bond acceptors (Lipinski definition) is 2. The molecule has 2 heterocycles. The SMILES string of the molecule is CC(C(=O)O)C1(c2c[nH]c3ccccc23)COC1. The fourth-order valence-corrected chi connectivity index (χ4v) is 2.68. The van der Waals surface area contributed by atoms with E-state index in [1.165, 1.54) is 0 Å². The van der Waals surface area contributed by atoms with Crippen LogP contribution in [0.3, 0.4) is 0 Å². The molecule has 4 heteroatoms. The first-order chi connectivity index (χ1) is 8.65. The minimum atomic E-state index is -0.774. The van der Waals surface area contributed by atoms with E-state index in [1.807, 2.05) is 30.5 Å². The number of carboxylic acid groups (broad SMARTS) is 1. The average molecular weight is 245 g/mol. The molecule has 0 bridgehead atoms. The molecule has 18 heavy (non-hydrogen) atoms. The Bertz CT molecular complexity index is 598. The van der Waals surface area contributed by atoms with Gasteiger partial charge in [-0.2, -0.15) is 0 Å². The van der Waals surface area contributed by atoms with Crippen LogP contribution in [-0.4, -0.2) is 29.3 Å². The number of fused-ring (bicyclic) bond motifs is 1. The number of carboxylic acids is 1. The van der Waals surface area contributed by atoms with Crippen LogP contribution in [0.25, 0.3) is 10.9 Å². The number of ether oxygens (including phenoxy) is 1. The summed E-state index contributed by atoms with van der Waals surface area (Å²) in [6.07, 6.45) is 1.92. The zero-order valence-electron chi connectivity index (χ0n) is 10.1. The molecule has 0 aliphatic carbocycles. The molecule has 0 spiro atoms. The largest absolute Gasteiger partial charge is 0.481 e. The number of para-hydroxylation sites is 1. The molecule has 1 aromatic carbocycles. The van der Waals surface area contributed by atoms with Gasteiger partial charge in [0.15, 0.2) is 0 Å². The summed E-state index contributed by atoms with van der Waals surface area (Å²) in [6.45, 7) is 2.71. The van der Waals surface area contributed by atoms with Crippen molar-refractivity contribution >= 4 is 16.9 Å². The molecule has 2 N–H and O–H groups in total. The van der Waals surface area contributed by atoms with Gasteiger partial charge in [0.1, 0.15) is 0 Å². The molecule has 94 valence electrons. The second kappa shape index (κ2) is 3.85. The smallest absolute Gasteiger partial charge is 0.307 e. The first-order valence-electron chi connectivity index (χ1n) is 6.02. The average Bonchev–Trinajstić information content (AvgIpc) is 2.72. The number of rotatable bonds is 3. The summed E-state index contributed by atoms with van der Waals surface area (Å²) in [7, 11) is 0. The summed E-state index contributed by atoms with van der Waals surface area (Å²) in [5.74, 6) is -1.23. The van der Waals surface area contributed by atoms with Crippen molar-refractivity contribution in [2.75, 3.05) is 13.2 Å². The Kier molecular flexibility index (Phi) is 2.41. The molecule has 1 fully saturated rings. The van der Waals surface area contributed by atoms with Gasteiger partial charge in [0, 0.05) is 17.1 Å². The van der Waals surface area contributed by atoms with Crippen LogP contribution >= 0.6 is 0 Å². The van der Waals surface area contributed by atoms with Gasteiger partial charge >= 0.3 is 5.97 Å². The monoisotopic (exact) mass is 245 g/mol. The van der Waals surface area contributed by atoms with Gasteiger partial charge in [-0.3, -0.25) is 4.79 Å². The molecule has 1 unspecified atom stereocenters. The molecule has 0 radical (unpaired) electrons.